The van der Waals surface area contributed by atoms with Gasteiger partial charge in [-0.1, -0.05) is 36.4 Å². The molecule has 2 aromatic rings. The highest BCUT2D eigenvalue weighted by atomic mass is 16.5. The first-order valence-corrected chi connectivity index (χ1v) is 7.84. The Morgan fingerprint density at radius 1 is 1.00 bits per heavy atom. The normalized spacial score (nSPS) is 10.2. The van der Waals surface area contributed by atoms with Gasteiger partial charge in [0.25, 0.3) is 0 Å². The Hall–Kier alpha value is -2.49. The summed E-state index contributed by atoms with van der Waals surface area (Å²) in [5, 5.41) is 2.94. The van der Waals surface area contributed by atoms with Crippen LogP contribution in [0.3, 0.4) is 0 Å². The van der Waals surface area contributed by atoms with Gasteiger partial charge in [0.1, 0.15) is 11.5 Å². The minimum absolute atomic E-state index is 0.0159. The summed E-state index contributed by atoms with van der Waals surface area (Å²) in [4.78, 5) is 12.1. The maximum atomic E-state index is 12.1. The summed E-state index contributed by atoms with van der Waals surface area (Å²) in [6.45, 7) is 3.05. The molecule has 0 unspecified atom stereocenters. The molecular formula is C19H23NO3. The Morgan fingerprint density at radius 3 is 2.35 bits per heavy atom. The number of rotatable bonds is 8. The number of carbonyl (C=O) groups excluding carboxylic acids is 1. The maximum absolute atomic E-state index is 12.1. The van der Waals surface area contributed by atoms with Crippen molar-refractivity contribution in [1.29, 1.82) is 0 Å². The van der Waals surface area contributed by atoms with Crippen LogP contribution in [0.15, 0.2) is 48.5 Å². The summed E-state index contributed by atoms with van der Waals surface area (Å²) >= 11 is 0. The zero-order valence-corrected chi connectivity index (χ0v) is 13.7. The van der Waals surface area contributed by atoms with Gasteiger partial charge in [-0.3, -0.25) is 4.79 Å². The summed E-state index contributed by atoms with van der Waals surface area (Å²) in [5.74, 6) is 1.66. The van der Waals surface area contributed by atoms with Gasteiger partial charge in [-0.25, -0.2) is 0 Å². The molecule has 122 valence electrons. The van der Waals surface area contributed by atoms with Crippen LogP contribution in [-0.4, -0.2) is 19.6 Å². The fourth-order valence-electron chi connectivity index (χ4n) is 2.39. The molecule has 4 heteroatoms. The molecule has 1 N–H and O–H groups in total. The van der Waals surface area contributed by atoms with Gasteiger partial charge in [0, 0.05) is 18.5 Å². The Bertz CT molecular complexity index is 640. The third-order valence-corrected chi connectivity index (χ3v) is 3.56. The molecule has 2 aromatic carbocycles. The first-order valence-electron chi connectivity index (χ1n) is 7.84. The van der Waals surface area contributed by atoms with E-state index in [4.69, 9.17) is 9.47 Å². The standard InChI is InChI=1S/C19H23NO3/c1-3-23-18-11-7-4-8-15(18)12-13-19(21)20-14-16-9-5-6-10-17(16)22-2/h4-11H,3,12-14H2,1-2H3,(H,20,21). The molecule has 0 spiro atoms. The molecule has 0 bridgehead atoms. The van der Waals surface area contributed by atoms with Crippen LogP contribution in [0.4, 0.5) is 0 Å². The van der Waals surface area contributed by atoms with Crippen molar-refractivity contribution in [3.63, 3.8) is 0 Å². The van der Waals surface area contributed by atoms with Crippen molar-refractivity contribution in [3.8, 4) is 11.5 Å². The molecule has 0 aliphatic carbocycles. The molecule has 0 aliphatic heterocycles. The van der Waals surface area contributed by atoms with Crippen molar-refractivity contribution in [2.75, 3.05) is 13.7 Å². The van der Waals surface area contributed by atoms with Crippen LogP contribution < -0.4 is 14.8 Å². The van der Waals surface area contributed by atoms with Crippen LogP contribution in [0, 0.1) is 0 Å². The highest BCUT2D eigenvalue weighted by Gasteiger charge is 2.08. The lowest BCUT2D eigenvalue weighted by molar-refractivity contribution is -0.121. The second kappa shape index (κ2) is 8.83. The molecule has 0 aliphatic rings. The van der Waals surface area contributed by atoms with Crippen LogP contribution in [-0.2, 0) is 17.8 Å². The van der Waals surface area contributed by atoms with E-state index in [2.05, 4.69) is 5.32 Å². The molecule has 0 atom stereocenters. The SMILES string of the molecule is CCOc1ccccc1CCC(=O)NCc1ccccc1OC. The minimum Gasteiger partial charge on any atom is -0.496 e. The Balaban J connectivity index is 1.86. The number of hydrogen-bond acceptors (Lipinski definition) is 3. The third-order valence-electron chi connectivity index (χ3n) is 3.56. The fraction of sp³-hybridized carbons (Fsp3) is 0.316. The molecule has 1 amide bonds. The number of benzene rings is 2. The predicted molar refractivity (Wildman–Crippen MR) is 90.8 cm³/mol. The minimum atomic E-state index is 0.0159. The molecule has 0 fully saturated rings. The van der Waals surface area contributed by atoms with E-state index in [1.165, 1.54) is 0 Å². The number of amides is 1. The highest BCUT2D eigenvalue weighted by molar-refractivity contribution is 5.76. The Morgan fingerprint density at radius 2 is 1.65 bits per heavy atom. The second-order valence-electron chi connectivity index (χ2n) is 5.13. The van der Waals surface area contributed by atoms with Crippen molar-refractivity contribution >= 4 is 5.91 Å². The van der Waals surface area contributed by atoms with Crippen molar-refractivity contribution in [1.82, 2.24) is 5.32 Å². The van der Waals surface area contributed by atoms with E-state index < -0.39 is 0 Å². The number of hydrogen-bond donors (Lipinski definition) is 1. The van der Waals surface area contributed by atoms with Crippen molar-refractivity contribution in [2.45, 2.75) is 26.3 Å². The van der Waals surface area contributed by atoms with Gasteiger partial charge in [-0.05, 0) is 31.0 Å². The summed E-state index contributed by atoms with van der Waals surface area (Å²) in [6.07, 6.45) is 1.09. The fourth-order valence-corrected chi connectivity index (χ4v) is 2.39. The average molecular weight is 313 g/mol. The zero-order valence-electron chi connectivity index (χ0n) is 13.7. The van der Waals surface area contributed by atoms with Crippen LogP contribution in [0.1, 0.15) is 24.5 Å². The molecule has 0 saturated heterocycles. The van der Waals surface area contributed by atoms with Gasteiger partial charge >= 0.3 is 0 Å². The number of carbonyl (C=O) groups is 1. The van der Waals surface area contributed by atoms with E-state index in [-0.39, 0.29) is 5.91 Å². The topological polar surface area (TPSA) is 47.6 Å². The quantitative estimate of drug-likeness (QED) is 0.813. The monoisotopic (exact) mass is 313 g/mol. The van der Waals surface area contributed by atoms with Crippen LogP contribution in [0.5, 0.6) is 11.5 Å². The lowest BCUT2D eigenvalue weighted by Crippen LogP contribution is -2.23. The first kappa shape index (κ1) is 16.9. The van der Waals surface area contributed by atoms with E-state index >= 15 is 0 Å². The molecular weight excluding hydrogens is 290 g/mol. The van der Waals surface area contributed by atoms with E-state index in [1.807, 2.05) is 55.5 Å². The summed E-state index contributed by atoms with van der Waals surface area (Å²) in [6, 6.07) is 15.5. The Kier molecular flexibility index (Phi) is 6.48. The van der Waals surface area contributed by atoms with Gasteiger partial charge in [0.05, 0.1) is 13.7 Å². The van der Waals surface area contributed by atoms with E-state index in [0.717, 1.165) is 22.6 Å². The smallest absolute Gasteiger partial charge is 0.220 e. The average Bonchev–Trinajstić information content (AvgIpc) is 2.59. The number of para-hydroxylation sites is 2. The summed E-state index contributed by atoms with van der Waals surface area (Å²) in [5.41, 5.74) is 2.03. The van der Waals surface area contributed by atoms with Gasteiger partial charge in [0.2, 0.25) is 5.91 Å². The van der Waals surface area contributed by atoms with Crippen molar-refractivity contribution < 1.29 is 14.3 Å². The number of nitrogens with one attached hydrogen (secondary N) is 1. The van der Waals surface area contributed by atoms with Crippen LogP contribution >= 0.6 is 0 Å². The first-order chi connectivity index (χ1) is 11.2. The predicted octanol–water partition coefficient (Wildman–Crippen LogP) is 3.34. The lowest BCUT2D eigenvalue weighted by atomic mass is 10.1. The third kappa shape index (κ3) is 5.02. The van der Waals surface area contributed by atoms with Gasteiger partial charge < -0.3 is 14.8 Å². The molecule has 0 radical (unpaired) electrons. The zero-order chi connectivity index (χ0) is 16.5. The Labute approximate surface area is 137 Å². The number of methoxy groups -OCH3 is 1. The van der Waals surface area contributed by atoms with Crippen LogP contribution in [0.25, 0.3) is 0 Å². The molecule has 0 saturated carbocycles. The number of aryl methyl sites for hydroxylation is 1. The van der Waals surface area contributed by atoms with Gasteiger partial charge in [0.15, 0.2) is 0 Å². The molecule has 4 nitrogen and oxygen atoms in total. The number of ether oxygens (including phenoxy) is 2. The largest absolute Gasteiger partial charge is 0.496 e. The van der Waals surface area contributed by atoms with Gasteiger partial charge in [-0.2, -0.15) is 0 Å². The molecule has 0 heterocycles. The van der Waals surface area contributed by atoms with Gasteiger partial charge in [-0.15, -0.1) is 0 Å². The molecule has 2 rings (SSSR count). The molecule has 23 heavy (non-hydrogen) atoms. The summed E-state index contributed by atoms with van der Waals surface area (Å²) in [7, 11) is 1.63. The lowest BCUT2D eigenvalue weighted by Gasteiger charge is -2.11. The highest BCUT2D eigenvalue weighted by Crippen LogP contribution is 2.20. The van der Waals surface area contributed by atoms with Crippen molar-refractivity contribution in [3.05, 3.63) is 59.7 Å². The van der Waals surface area contributed by atoms with Crippen LogP contribution in [0.2, 0.25) is 0 Å². The van der Waals surface area contributed by atoms with E-state index in [0.29, 0.717) is 26.0 Å². The maximum Gasteiger partial charge on any atom is 0.220 e. The second-order valence-corrected chi connectivity index (χ2v) is 5.13. The summed E-state index contributed by atoms with van der Waals surface area (Å²) < 4.78 is 10.9. The van der Waals surface area contributed by atoms with Crippen molar-refractivity contribution in [2.24, 2.45) is 0 Å². The van der Waals surface area contributed by atoms with E-state index in [9.17, 15) is 4.79 Å². The molecule has 0 aromatic heterocycles. The van der Waals surface area contributed by atoms with E-state index in [1.54, 1.807) is 7.11 Å².